The van der Waals surface area contributed by atoms with Crippen LogP contribution in [0.5, 0.6) is 11.5 Å². The van der Waals surface area contributed by atoms with Crippen molar-refractivity contribution in [3.8, 4) is 11.5 Å². The molecule has 3 rings (SSSR count). The van der Waals surface area contributed by atoms with Crippen LogP contribution in [0.3, 0.4) is 0 Å². The topological polar surface area (TPSA) is 50.8 Å². The molecule has 29 heavy (non-hydrogen) atoms. The first kappa shape index (κ1) is 20.7. The zero-order valence-electron chi connectivity index (χ0n) is 15.3. The molecule has 5 nitrogen and oxygen atoms in total. The van der Waals surface area contributed by atoms with Crippen molar-refractivity contribution in [3.63, 3.8) is 0 Å². The maximum atomic E-state index is 12.7. The van der Waals surface area contributed by atoms with Crippen molar-refractivity contribution >= 4 is 35.0 Å². The van der Waals surface area contributed by atoms with E-state index in [0.29, 0.717) is 12.3 Å². The SMILES string of the molecule is CCCOc1ccc(/C=C2\NC(=S)N(c3ccc(OC(F)(F)F)cc3)C2=O)cc1. The first-order valence-electron chi connectivity index (χ1n) is 8.72. The molecular weight excluding hydrogens is 405 g/mol. The highest BCUT2D eigenvalue weighted by atomic mass is 32.1. The van der Waals surface area contributed by atoms with Gasteiger partial charge in [-0.2, -0.15) is 0 Å². The lowest BCUT2D eigenvalue weighted by molar-refractivity contribution is -0.274. The Morgan fingerprint density at radius 2 is 1.69 bits per heavy atom. The van der Waals surface area contributed by atoms with Crippen LogP contribution in [-0.4, -0.2) is 24.0 Å². The fraction of sp³-hybridized carbons (Fsp3) is 0.200. The van der Waals surface area contributed by atoms with Gasteiger partial charge >= 0.3 is 6.36 Å². The molecule has 0 spiro atoms. The summed E-state index contributed by atoms with van der Waals surface area (Å²) >= 11 is 5.20. The minimum atomic E-state index is -4.78. The number of rotatable bonds is 6. The number of hydrogen-bond acceptors (Lipinski definition) is 4. The average Bonchev–Trinajstić information content (AvgIpc) is 2.94. The second kappa shape index (κ2) is 8.52. The number of hydrogen-bond donors (Lipinski definition) is 1. The zero-order chi connectivity index (χ0) is 21.0. The number of nitrogens with one attached hydrogen (secondary N) is 1. The molecule has 1 fully saturated rings. The number of carbonyl (C=O) groups is 1. The van der Waals surface area contributed by atoms with Gasteiger partial charge in [0.15, 0.2) is 5.11 Å². The highest BCUT2D eigenvalue weighted by Gasteiger charge is 2.33. The Bertz CT molecular complexity index is 925. The first-order valence-corrected chi connectivity index (χ1v) is 9.13. The van der Waals surface area contributed by atoms with Crippen LogP contribution in [0.15, 0.2) is 54.2 Å². The molecular formula is C20H17F3N2O3S. The Kier molecular flexibility index (Phi) is 6.07. The standard InChI is InChI=1S/C20H17F3N2O3S/c1-2-11-27-15-7-3-13(4-8-15)12-17-18(26)25(19(29)24-17)14-5-9-16(10-6-14)28-20(21,22)23/h3-10,12H,2,11H2,1H3,(H,24,29)/b17-12-. The van der Waals surface area contributed by atoms with Crippen molar-refractivity contribution in [2.24, 2.45) is 0 Å². The van der Waals surface area contributed by atoms with Gasteiger partial charge in [0, 0.05) is 0 Å². The number of anilines is 1. The number of thiocarbonyl (C=S) groups is 1. The van der Waals surface area contributed by atoms with Crippen LogP contribution < -0.4 is 19.7 Å². The number of nitrogens with zero attached hydrogens (tertiary/aromatic N) is 1. The van der Waals surface area contributed by atoms with E-state index in [1.165, 1.54) is 17.0 Å². The van der Waals surface area contributed by atoms with Gasteiger partial charge in [-0.05, 0) is 66.7 Å². The van der Waals surface area contributed by atoms with E-state index in [1.54, 1.807) is 18.2 Å². The van der Waals surface area contributed by atoms with Crippen LogP contribution in [-0.2, 0) is 4.79 Å². The van der Waals surface area contributed by atoms with Crippen LogP contribution >= 0.6 is 12.2 Å². The predicted octanol–water partition coefficient (Wildman–Crippen LogP) is 4.64. The highest BCUT2D eigenvalue weighted by Crippen LogP contribution is 2.28. The quantitative estimate of drug-likeness (QED) is 0.543. The van der Waals surface area contributed by atoms with E-state index < -0.39 is 12.3 Å². The zero-order valence-corrected chi connectivity index (χ0v) is 16.1. The van der Waals surface area contributed by atoms with Crippen LogP contribution in [0.1, 0.15) is 18.9 Å². The third kappa shape index (κ3) is 5.26. The molecule has 1 saturated heterocycles. The molecule has 0 atom stereocenters. The number of ether oxygens (including phenoxy) is 2. The molecule has 1 N–H and O–H groups in total. The molecule has 1 amide bonds. The monoisotopic (exact) mass is 422 g/mol. The van der Waals surface area contributed by atoms with Crippen LogP contribution in [0.25, 0.3) is 6.08 Å². The van der Waals surface area contributed by atoms with Gasteiger partial charge in [0.1, 0.15) is 17.2 Å². The second-order valence-corrected chi connectivity index (χ2v) is 6.47. The van der Waals surface area contributed by atoms with E-state index in [-0.39, 0.29) is 16.6 Å². The predicted molar refractivity (Wildman–Crippen MR) is 107 cm³/mol. The van der Waals surface area contributed by atoms with E-state index >= 15 is 0 Å². The fourth-order valence-corrected chi connectivity index (χ4v) is 2.91. The van der Waals surface area contributed by atoms with Crippen molar-refractivity contribution in [2.45, 2.75) is 19.7 Å². The number of halogens is 3. The van der Waals surface area contributed by atoms with Gasteiger partial charge in [0.05, 0.1) is 12.3 Å². The molecule has 0 unspecified atom stereocenters. The van der Waals surface area contributed by atoms with Gasteiger partial charge in [-0.25, -0.2) is 0 Å². The van der Waals surface area contributed by atoms with E-state index in [1.807, 2.05) is 19.1 Å². The van der Waals surface area contributed by atoms with E-state index in [9.17, 15) is 18.0 Å². The molecule has 9 heteroatoms. The smallest absolute Gasteiger partial charge is 0.494 e. The summed E-state index contributed by atoms with van der Waals surface area (Å²) in [5.74, 6) is -0.0586. The molecule has 1 heterocycles. The minimum absolute atomic E-state index is 0.133. The molecule has 1 aliphatic heterocycles. The average molecular weight is 422 g/mol. The number of amides is 1. The molecule has 1 aliphatic rings. The van der Waals surface area contributed by atoms with Crippen molar-refractivity contribution in [3.05, 3.63) is 59.8 Å². The largest absolute Gasteiger partial charge is 0.573 e. The first-order chi connectivity index (χ1) is 13.8. The Balaban J connectivity index is 1.74. The van der Waals surface area contributed by atoms with Crippen LogP contribution in [0.2, 0.25) is 0 Å². The van der Waals surface area contributed by atoms with E-state index in [0.717, 1.165) is 29.9 Å². The number of benzene rings is 2. The van der Waals surface area contributed by atoms with E-state index in [4.69, 9.17) is 17.0 Å². The van der Waals surface area contributed by atoms with E-state index in [2.05, 4.69) is 10.1 Å². The Morgan fingerprint density at radius 3 is 2.28 bits per heavy atom. The second-order valence-electron chi connectivity index (χ2n) is 6.09. The molecule has 0 aromatic heterocycles. The van der Waals surface area contributed by atoms with Gasteiger partial charge in [0.25, 0.3) is 5.91 Å². The maximum Gasteiger partial charge on any atom is 0.573 e. The Labute approximate surface area is 170 Å². The Hall–Kier alpha value is -3.07. The van der Waals surface area contributed by atoms with Crippen molar-refractivity contribution in [1.82, 2.24) is 5.32 Å². The van der Waals surface area contributed by atoms with Crippen LogP contribution in [0.4, 0.5) is 18.9 Å². The van der Waals surface area contributed by atoms with Crippen molar-refractivity contribution in [1.29, 1.82) is 0 Å². The highest BCUT2D eigenvalue weighted by molar-refractivity contribution is 7.80. The molecule has 0 saturated carbocycles. The lowest BCUT2D eigenvalue weighted by atomic mass is 10.2. The van der Waals surface area contributed by atoms with Gasteiger partial charge in [-0.3, -0.25) is 9.69 Å². The van der Waals surface area contributed by atoms with Crippen molar-refractivity contribution in [2.75, 3.05) is 11.5 Å². The lowest BCUT2D eigenvalue weighted by Gasteiger charge is -2.15. The molecule has 2 aromatic carbocycles. The summed E-state index contributed by atoms with van der Waals surface area (Å²) in [6.45, 7) is 2.64. The third-order valence-electron chi connectivity index (χ3n) is 3.87. The van der Waals surface area contributed by atoms with Gasteiger partial charge < -0.3 is 14.8 Å². The molecule has 0 radical (unpaired) electrons. The van der Waals surface area contributed by atoms with Crippen molar-refractivity contribution < 1.29 is 27.4 Å². The maximum absolute atomic E-state index is 12.7. The Morgan fingerprint density at radius 1 is 1.07 bits per heavy atom. The lowest BCUT2D eigenvalue weighted by Crippen LogP contribution is -2.30. The normalized spacial score (nSPS) is 15.6. The van der Waals surface area contributed by atoms with Gasteiger partial charge in [-0.1, -0.05) is 19.1 Å². The summed E-state index contributed by atoms with van der Waals surface area (Å²) in [6.07, 6.45) is -2.24. The summed E-state index contributed by atoms with van der Waals surface area (Å²) in [7, 11) is 0. The molecule has 0 bridgehead atoms. The van der Waals surface area contributed by atoms with Gasteiger partial charge in [-0.15, -0.1) is 13.2 Å². The molecule has 2 aromatic rings. The number of carbonyl (C=O) groups excluding carboxylic acids is 1. The fourth-order valence-electron chi connectivity index (χ4n) is 2.61. The summed E-state index contributed by atoms with van der Waals surface area (Å²) < 4.78 is 46.2. The summed E-state index contributed by atoms with van der Waals surface area (Å²) in [4.78, 5) is 13.9. The summed E-state index contributed by atoms with van der Waals surface area (Å²) in [6, 6.07) is 12.1. The third-order valence-corrected chi connectivity index (χ3v) is 4.16. The number of alkyl halides is 3. The molecule has 0 aliphatic carbocycles. The minimum Gasteiger partial charge on any atom is -0.494 e. The van der Waals surface area contributed by atoms with Gasteiger partial charge in [0.2, 0.25) is 0 Å². The van der Waals surface area contributed by atoms with Crippen LogP contribution in [0, 0.1) is 0 Å². The molecule has 152 valence electrons. The summed E-state index contributed by atoms with van der Waals surface area (Å²) in [5, 5.41) is 2.96. The summed E-state index contributed by atoms with van der Waals surface area (Å²) in [5.41, 5.74) is 1.35.